The number of benzene rings is 2. The summed E-state index contributed by atoms with van der Waals surface area (Å²) in [6.07, 6.45) is 2.14. The van der Waals surface area contributed by atoms with E-state index in [0.717, 1.165) is 24.2 Å². The van der Waals surface area contributed by atoms with Crippen molar-refractivity contribution < 1.29 is 14.1 Å². The van der Waals surface area contributed by atoms with Gasteiger partial charge in [0.25, 0.3) is 0 Å². The average molecular weight is 360 g/mol. The summed E-state index contributed by atoms with van der Waals surface area (Å²) in [4.78, 5) is 16.5. The molecule has 1 aromatic heterocycles. The van der Waals surface area contributed by atoms with Crippen LogP contribution in [0.1, 0.15) is 46.4 Å². The Hall–Kier alpha value is -3.66. The molecule has 1 fully saturated rings. The molecule has 1 heterocycles. The highest BCUT2D eigenvalue weighted by Gasteiger charge is 2.29. The van der Waals surface area contributed by atoms with Crippen molar-refractivity contribution in [1.82, 2.24) is 10.1 Å². The molecule has 4 rings (SSSR count). The van der Waals surface area contributed by atoms with Crippen LogP contribution in [0.3, 0.4) is 0 Å². The first-order valence-electron chi connectivity index (χ1n) is 8.58. The molecule has 7 nitrogen and oxygen atoms in total. The lowest BCUT2D eigenvalue weighted by Gasteiger charge is -2.08. The molecule has 1 aliphatic carbocycles. The van der Waals surface area contributed by atoms with Crippen LogP contribution in [0.5, 0.6) is 0 Å². The number of nitriles is 1. The third kappa shape index (κ3) is 4.12. The summed E-state index contributed by atoms with van der Waals surface area (Å²) in [6, 6.07) is 16.1. The van der Waals surface area contributed by atoms with E-state index in [2.05, 4.69) is 21.5 Å². The molecule has 0 saturated heterocycles. The van der Waals surface area contributed by atoms with Crippen molar-refractivity contribution in [3.05, 3.63) is 71.4 Å². The Bertz CT molecular complexity index is 1000. The first kappa shape index (κ1) is 16.8. The number of nitrogens with one attached hydrogen (secondary N) is 1. The van der Waals surface area contributed by atoms with Gasteiger partial charge in [-0.05, 0) is 55.3 Å². The maximum atomic E-state index is 12.3. The minimum absolute atomic E-state index is 0.0255. The van der Waals surface area contributed by atoms with Crippen LogP contribution in [0.2, 0.25) is 0 Å². The van der Waals surface area contributed by atoms with Gasteiger partial charge in [-0.1, -0.05) is 11.2 Å². The zero-order chi connectivity index (χ0) is 18.6. The van der Waals surface area contributed by atoms with Crippen molar-refractivity contribution in [1.29, 1.82) is 5.26 Å². The Balaban J connectivity index is 1.38. The van der Waals surface area contributed by atoms with Gasteiger partial charge in [-0.25, -0.2) is 4.79 Å². The maximum Gasteiger partial charge on any atom is 0.338 e. The predicted octanol–water partition coefficient (Wildman–Crippen LogP) is 3.92. The van der Waals surface area contributed by atoms with Crippen molar-refractivity contribution in [3.63, 3.8) is 0 Å². The lowest BCUT2D eigenvalue weighted by atomic mass is 10.2. The Morgan fingerprint density at radius 3 is 2.78 bits per heavy atom. The van der Waals surface area contributed by atoms with Crippen LogP contribution in [0, 0.1) is 11.3 Å². The molecule has 1 saturated carbocycles. The highest BCUT2D eigenvalue weighted by molar-refractivity contribution is 5.90. The molecule has 1 aliphatic rings. The predicted molar refractivity (Wildman–Crippen MR) is 96.3 cm³/mol. The van der Waals surface area contributed by atoms with E-state index in [1.807, 2.05) is 6.07 Å². The normalized spacial score (nSPS) is 13.0. The fourth-order valence-corrected chi connectivity index (χ4v) is 2.55. The summed E-state index contributed by atoms with van der Waals surface area (Å²) in [6.45, 7) is -0.0255. The molecule has 0 amide bonds. The zero-order valence-corrected chi connectivity index (χ0v) is 14.4. The fourth-order valence-electron chi connectivity index (χ4n) is 2.55. The van der Waals surface area contributed by atoms with E-state index in [1.54, 1.807) is 42.5 Å². The van der Waals surface area contributed by atoms with Crippen molar-refractivity contribution in [3.8, 4) is 6.07 Å². The number of hydrogen-bond acceptors (Lipinski definition) is 7. The molecule has 27 heavy (non-hydrogen) atoms. The maximum absolute atomic E-state index is 12.3. The third-order valence-electron chi connectivity index (χ3n) is 4.14. The van der Waals surface area contributed by atoms with Crippen molar-refractivity contribution in [2.24, 2.45) is 0 Å². The van der Waals surface area contributed by atoms with Gasteiger partial charge in [0, 0.05) is 17.3 Å². The van der Waals surface area contributed by atoms with Crippen molar-refractivity contribution in [2.45, 2.75) is 25.4 Å². The Morgan fingerprint density at radius 2 is 2.04 bits per heavy atom. The molecule has 0 atom stereocenters. The number of carbonyl (C=O) groups excluding carboxylic acids is 1. The molecular weight excluding hydrogens is 344 g/mol. The number of rotatable bonds is 6. The van der Waals surface area contributed by atoms with Crippen LogP contribution in [0.4, 0.5) is 11.4 Å². The SMILES string of the molecule is N#Cc1ccc(Nc2cccc(C(=O)OCc3noc(C4CC4)n3)c2)cc1. The van der Waals surface area contributed by atoms with Gasteiger partial charge in [0.15, 0.2) is 6.61 Å². The number of carbonyl (C=O) groups is 1. The molecule has 0 unspecified atom stereocenters. The lowest BCUT2D eigenvalue weighted by molar-refractivity contribution is 0.0459. The van der Waals surface area contributed by atoms with E-state index in [9.17, 15) is 4.79 Å². The second kappa shape index (κ2) is 7.30. The minimum atomic E-state index is -0.462. The number of esters is 1. The highest BCUT2D eigenvalue weighted by Crippen LogP contribution is 2.38. The van der Waals surface area contributed by atoms with Crippen LogP contribution < -0.4 is 5.32 Å². The van der Waals surface area contributed by atoms with Crippen LogP contribution in [0.25, 0.3) is 0 Å². The summed E-state index contributed by atoms with van der Waals surface area (Å²) in [7, 11) is 0. The summed E-state index contributed by atoms with van der Waals surface area (Å²) < 4.78 is 10.4. The number of ether oxygens (including phenoxy) is 1. The lowest BCUT2D eigenvalue weighted by Crippen LogP contribution is -2.06. The van der Waals surface area contributed by atoms with Crippen LogP contribution in [-0.4, -0.2) is 16.1 Å². The average Bonchev–Trinajstić information content (AvgIpc) is 3.45. The van der Waals surface area contributed by atoms with Crippen LogP contribution in [0.15, 0.2) is 53.1 Å². The summed E-state index contributed by atoms with van der Waals surface area (Å²) in [5, 5.41) is 15.9. The largest absolute Gasteiger partial charge is 0.454 e. The summed E-state index contributed by atoms with van der Waals surface area (Å²) in [5.41, 5.74) is 2.56. The molecule has 2 aromatic carbocycles. The summed E-state index contributed by atoms with van der Waals surface area (Å²) in [5.74, 6) is 0.898. The quantitative estimate of drug-likeness (QED) is 0.665. The van der Waals surface area contributed by atoms with E-state index in [0.29, 0.717) is 28.8 Å². The smallest absolute Gasteiger partial charge is 0.338 e. The molecule has 0 aliphatic heterocycles. The molecular formula is C20H16N4O3. The fraction of sp³-hybridized carbons (Fsp3) is 0.200. The molecule has 7 heteroatoms. The van der Waals surface area contributed by atoms with Gasteiger partial charge in [-0.3, -0.25) is 0 Å². The molecule has 134 valence electrons. The van der Waals surface area contributed by atoms with Crippen molar-refractivity contribution >= 4 is 17.3 Å². The zero-order valence-electron chi connectivity index (χ0n) is 14.4. The first-order chi connectivity index (χ1) is 13.2. The van der Waals surface area contributed by atoms with E-state index < -0.39 is 5.97 Å². The van der Waals surface area contributed by atoms with Gasteiger partial charge in [-0.2, -0.15) is 10.2 Å². The first-order valence-corrected chi connectivity index (χ1v) is 8.58. The van der Waals surface area contributed by atoms with E-state index in [-0.39, 0.29) is 6.61 Å². The van der Waals surface area contributed by atoms with Gasteiger partial charge in [0.05, 0.1) is 17.2 Å². The number of hydrogen-bond donors (Lipinski definition) is 1. The number of anilines is 2. The van der Waals surface area contributed by atoms with Gasteiger partial charge in [-0.15, -0.1) is 0 Å². The molecule has 1 N–H and O–H groups in total. The van der Waals surface area contributed by atoms with E-state index in [1.165, 1.54) is 0 Å². The number of nitrogens with zero attached hydrogens (tertiary/aromatic N) is 3. The van der Waals surface area contributed by atoms with Gasteiger partial charge < -0.3 is 14.6 Å². The van der Waals surface area contributed by atoms with Gasteiger partial charge in [0.1, 0.15) is 0 Å². The topological polar surface area (TPSA) is 101 Å². The van der Waals surface area contributed by atoms with Gasteiger partial charge >= 0.3 is 5.97 Å². The highest BCUT2D eigenvalue weighted by atomic mass is 16.5. The second-order valence-corrected chi connectivity index (χ2v) is 6.29. The number of aromatic nitrogens is 2. The van der Waals surface area contributed by atoms with Crippen molar-refractivity contribution in [2.75, 3.05) is 5.32 Å². The van der Waals surface area contributed by atoms with Gasteiger partial charge in [0.2, 0.25) is 11.7 Å². The van der Waals surface area contributed by atoms with E-state index in [4.69, 9.17) is 14.5 Å². The second-order valence-electron chi connectivity index (χ2n) is 6.29. The standard InChI is InChI=1S/C20H16N4O3/c21-11-13-4-8-16(9-5-13)22-17-3-1-2-15(10-17)20(25)26-12-18-23-19(27-24-18)14-6-7-14/h1-5,8-10,14,22H,6-7,12H2. The van der Waals surface area contributed by atoms with Crippen LogP contribution in [-0.2, 0) is 11.3 Å². The monoisotopic (exact) mass is 360 g/mol. The Kier molecular flexibility index (Phi) is 4.54. The molecule has 0 spiro atoms. The minimum Gasteiger partial charge on any atom is -0.454 e. The third-order valence-corrected chi connectivity index (χ3v) is 4.14. The Labute approximate surface area is 155 Å². The Morgan fingerprint density at radius 1 is 1.22 bits per heavy atom. The van der Waals surface area contributed by atoms with Crippen LogP contribution >= 0.6 is 0 Å². The molecule has 0 bridgehead atoms. The molecule has 3 aromatic rings. The van der Waals surface area contributed by atoms with E-state index >= 15 is 0 Å². The molecule has 0 radical (unpaired) electrons. The summed E-state index contributed by atoms with van der Waals surface area (Å²) >= 11 is 0.